The Kier molecular flexibility index (Phi) is 8.52. The third-order valence-electron chi connectivity index (χ3n) is 4.63. The number of amidine groups is 1. The second-order valence-corrected chi connectivity index (χ2v) is 8.53. The van der Waals surface area contributed by atoms with Crippen LogP contribution >= 0.6 is 27.3 Å². The van der Waals surface area contributed by atoms with E-state index in [9.17, 15) is 14.0 Å². The summed E-state index contributed by atoms with van der Waals surface area (Å²) < 4.78 is 24.5. The van der Waals surface area contributed by atoms with Crippen LogP contribution in [0.1, 0.15) is 49.7 Å². The first-order chi connectivity index (χ1) is 15.4. The van der Waals surface area contributed by atoms with Crippen LogP contribution in [-0.2, 0) is 19.1 Å². The van der Waals surface area contributed by atoms with E-state index in [0.29, 0.717) is 51.6 Å². The molecule has 32 heavy (non-hydrogen) atoms. The Morgan fingerprint density at radius 1 is 1.25 bits per heavy atom. The zero-order valence-corrected chi connectivity index (χ0v) is 20.1. The van der Waals surface area contributed by atoms with Gasteiger partial charge in [0.1, 0.15) is 11.9 Å². The third kappa shape index (κ3) is 5.80. The van der Waals surface area contributed by atoms with Gasteiger partial charge < -0.3 is 14.8 Å². The molecule has 0 aliphatic carbocycles. The first-order valence-corrected chi connectivity index (χ1v) is 11.9. The highest BCUT2D eigenvalue weighted by Gasteiger charge is 2.33. The Hall–Kier alpha value is -2.59. The fourth-order valence-electron chi connectivity index (χ4n) is 3.28. The van der Waals surface area contributed by atoms with E-state index in [1.54, 1.807) is 26.1 Å². The van der Waals surface area contributed by atoms with Gasteiger partial charge >= 0.3 is 11.9 Å². The van der Waals surface area contributed by atoms with Crippen molar-refractivity contribution in [1.82, 2.24) is 10.3 Å². The molecule has 10 heteroatoms. The maximum Gasteiger partial charge on any atom is 0.338 e. The summed E-state index contributed by atoms with van der Waals surface area (Å²) in [6.45, 7) is 3.99. The van der Waals surface area contributed by atoms with Gasteiger partial charge in [-0.1, -0.05) is 22.0 Å². The zero-order chi connectivity index (χ0) is 23.1. The predicted octanol–water partition coefficient (Wildman–Crippen LogP) is 4.69. The molecule has 0 radical (unpaired) electrons. The number of aliphatic imine (C=N–C) groups is 1. The molecular formula is C22H23BrFN3O4S. The maximum atomic E-state index is 13.7. The lowest BCUT2D eigenvalue weighted by Gasteiger charge is -2.27. The number of carbonyl (C=O) groups excluding carboxylic acids is 2. The van der Waals surface area contributed by atoms with Crippen LogP contribution in [-0.4, -0.2) is 36.0 Å². The SMILES string of the molecule is CCOC(=O)CCCC1=C(C(=O)OCC)C(c2ccc(F)cc2Br)N=C(c2nccs2)N1. The molecule has 1 aliphatic heterocycles. The van der Waals surface area contributed by atoms with Gasteiger partial charge in [0, 0.05) is 28.2 Å². The fraction of sp³-hybridized carbons (Fsp3) is 0.364. The topological polar surface area (TPSA) is 89.9 Å². The summed E-state index contributed by atoms with van der Waals surface area (Å²) in [4.78, 5) is 33.8. The molecule has 1 atom stereocenters. The lowest BCUT2D eigenvalue weighted by atomic mass is 9.93. The van der Waals surface area contributed by atoms with E-state index < -0.39 is 17.8 Å². The standard InChI is InChI=1S/C22H23BrFN3O4S/c1-3-30-17(28)7-5-6-16-18(22(29)31-4-2)19(14-9-8-13(24)12-15(14)23)27-20(26-16)21-25-10-11-32-21/h8-12,19H,3-7H2,1-2H3,(H,26,27). The third-order valence-corrected chi connectivity index (χ3v) is 6.09. The summed E-state index contributed by atoms with van der Waals surface area (Å²) in [5, 5.41) is 5.70. The van der Waals surface area contributed by atoms with Crippen LogP contribution in [0.2, 0.25) is 0 Å². The van der Waals surface area contributed by atoms with E-state index in [4.69, 9.17) is 14.5 Å². The van der Waals surface area contributed by atoms with Crippen LogP contribution in [0.4, 0.5) is 4.39 Å². The highest BCUT2D eigenvalue weighted by atomic mass is 79.9. The number of allylic oxidation sites excluding steroid dienone is 1. The number of halogens is 2. The Morgan fingerprint density at radius 3 is 2.69 bits per heavy atom. The number of esters is 2. The summed E-state index contributed by atoms with van der Waals surface area (Å²) in [5.41, 5.74) is 1.53. The molecule has 1 aromatic heterocycles. The molecule has 0 bridgehead atoms. The Morgan fingerprint density at radius 2 is 2.03 bits per heavy atom. The van der Waals surface area contributed by atoms with Crippen molar-refractivity contribution >= 4 is 45.0 Å². The number of hydrogen-bond acceptors (Lipinski definition) is 8. The Bertz CT molecular complexity index is 1040. The molecule has 0 fully saturated rings. The maximum absolute atomic E-state index is 13.7. The molecule has 1 unspecified atom stereocenters. The number of ether oxygens (including phenoxy) is 2. The van der Waals surface area contributed by atoms with Gasteiger partial charge in [0.2, 0.25) is 0 Å². The lowest BCUT2D eigenvalue weighted by Crippen LogP contribution is -2.34. The minimum Gasteiger partial charge on any atom is -0.466 e. The number of nitrogens with zero attached hydrogens (tertiary/aromatic N) is 2. The zero-order valence-electron chi connectivity index (χ0n) is 17.7. The van der Waals surface area contributed by atoms with Crippen molar-refractivity contribution in [3.05, 3.63) is 61.9 Å². The van der Waals surface area contributed by atoms with E-state index >= 15 is 0 Å². The largest absolute Gasteiger partial charge is 0.466 e. The molecule has 0 amide bonds. The number of benzene rings is 1. The second-order valence-electron chi connectivity index (χ2n) is 6.78. The number of thiazole rings is 1. The minimum absolute atomic E-state index is 0.193. The molecule has 1 aliphatic rings. The van der Waals surface area contributed by atoms with Gasteiger partial charge in [-0.25, -0.2) is 14.2 Å². The Balaban J connectivity index is 2.04. The van der Waals surface area contributed by atoms with Gasteiger partial charge in [-0.05, 0) is 44.4 Å². The van der Waals surface area contributed by atoms with Gasteiger partial charge in [0.05, 0.1) is 18.8 Å². The molecule has 2 heterocycles. The lowest BCUT2D eigenvalue weighted by molar-refractivity contribution is -0.143. The number of hydrogen-bond donors (Lipinski definition) is 1. The summed E-state index contributed by atoms with van der Waals surface area (Å²) in [6.07, 6.45) is 2.74. The van der Waals surface area contributed by atoms with Crippen LogP contribution in [0, 0.1) is 5.82 Å². The molecule has 1 aromatic carbocycles. The van der Waals surface area contributed by atoms with Gasteiger partial charge in [-0.2, -0.15) is 0 Å². The summed E-state index contributed by atoms with van der Waals surface area (Å²) in [7, 11) is 0. The van der Waals surface area contributed by atoms with Crippen LogP contribution in [0.25, 0.3) is 0 Å². The molecule has 0 saturated heterocycles. The molecule has 1 N–H and O–H groups in total. The second kappa shape index (κ2) is 11.3. The average molecular weight is 524 g/mol. The first kappa shape index (κ1) is 24.1. The van der Waals surface area contributed by atoms with E-state index in [1.165, 1.54) is 23.5 Å². The number of aromatic nitrogens is 1. The van der Waals surface area contributed by atoms with Crippen molar-refractivity contribution in [1.29, 1.82) is 0 Å². The van der Waals surface area contributed by atoms with E-state index in [1.807, 2.05) is 5.38 Å². The quantitative estimate of drug-likeness (QED) is 0.479. The predicted molar refractivity (Wildman–Crippen MR) is 123 cm³/mol. The summed E-state index contributed by atoms with van der Waals surface area (Å²) in [5.74, 6) is -0.724. The molecule has 3 rings (SSSR count). The molecular weight excluding hydrogens is 501 g/mol. The van der Waals surface area contributed by atoms with Gasteiger partial charge in [-0.3, -0.25) is 9.79 Å². The van der Waals surface area contributed by atoms with Crippen molar-refractivity contribution in [3.63, 3.8) is 0 Å². The number of rotatable bonds is 9. The van der Waals surface area contributed by atoms with Crippen LogP contribution in [0.15, 0.2) is 50.5 Å². The van der Waals surface area contributed by atoms with Gasteiger partial charge in [0.15, 0.2) is 10.8 Å². The van der Waals surface area contributed by atoms with Gasteiger partial charge in [0.25, 0.3) is 0 Å². The minimum atomic E-state index is -0.734. The normalized spacial score (nSPS) is 15.8. The van der Waals surface area contributed by atoms with E-state index in [2.05, 4.69) is 26.2 Å². The number of nitrogens with one attached hydrogen (secondary N) is 1. The molecule has 2 aromatic rings. The molecule has 0 spiro atoms. The van der Waals surface area contributed by atoms with Gasteiger partial charge in [-0.15, -0.1) is 11.3 Å². The first-order valence-electron chi connectivity index (χ1n) is 10.2. The van der Waals surface area contributed by atoms with Crippen LogP contribution < -0.4 is 5.32 Å². The average Bonchev–Trinajstić information content (AvgIpc) is 3.28. The molecule has 0 saturated carbocycles. The van der Waals surface area contributed by atoms with E-state index in [0.717, 1.165) is 0 Å². The van der Waals surface area contributed by atoms with E-state index in [-0.39, 0.29) is 19.0 Å². The summed E-state index contributed by atoms with van der Waals surface area (Å²) in [6, 6.07) is 3.51. The Labute approximate surface area is 197 Å². The highest BCUT2D eigenvalue weighted by Crippen LogP contribution is 2.37. The van der Waals surface area contributed by atoms with Crippen molar-refractivity contribution < 1.29 is 23.5 Å². The monoisotopic (exact) mass is 523 g/mol. The number of carbonyl (C=O) groups is 2. The summed E-state index contributed by atoms with van der Waals surface area (Å²) >= 11 is 4.80. The smallest absolute Gasteiger partial charge is 0.338 e. The molecule has 7 nitrogen and oxygen atoms in total. The van der Waals surface area contributed by atoms with Crippen LogP contribution in [0.5, 0.6) is 0 Å². The fourth-order valence-corrected chi connectivity index (χ4v) is 4.44. The van der Waals surface area contributed by atoms with Crippen molar-refractivity contribution in [2.24, 2.45) is 4.99 Å². The van der Waals surface area contributed by atoms with Crippen LogP contribution in [0.3, 0.4) is 0 Å². The van der Waals surface area contributed by atoms with Crippen molar-refractivity contribution in [2.75, 3.05) is 13.2 Å². The van der Waals surface area contributed by atoms with Crippen molar-refractivity contribution in [3.8, 4) is 0 Å². The highest BCUT2D eigenvalue weighted by molar-refractivity contribution is 9.10. The molecule has 170 valence electrons. The van der Waals surface area contributed by atoms with Crippen molar-refractivity contribution in [2.45, 2.75) is 39.2 Å².